The van der Waals surface area contributed by atoms with Crippen LogP contribution in [-0.4, -0.2) is 29.5 Å². The molecule has 1 aromatic carbocycles. The first-order valence-electron chi connectivity index (χ1n) is 8.30. The Balaban J connectivity index is 0.000000175. The van der Waals surface area contributed by atoms with E-state index in [4.69, 9.17) is 21.1 Å². The van der Waals surface area contributed by atoms with Gasteiger partial charge in [-0.15, -0.1) is 11.6 Å². The van der Waals surface area contributed by atoms with Crippen molar-refractivity contribution in [3.8, 4) is 5.75 Å². The highest BCUT2D eigenvalue weighted by Gasteiger charge is 2.31. The second kappa shape index (κ2) is 8.55. The number of fused-ring (bicyclic) bond motifs is 1. The zero-order chi connectivity index (χ0) is 17.7. The van der Waals surface area contributed by atoms with Gasteiger partial charge in [-0.1, -0.05) is 39.7 Å². The molecule has 0 amide bonds. The molecular formula is C20H26BrClO2. The smallest absolute Gasteiger partial charge is 0.123 e. The highest BCUT2D eigenvalue weighted by molar-refractivity contribution is 9.09. The minimum Gasteiger partial charge on any atom is -0.493 e. The molecule has 1 aliphatic heterocycles. The molecule has 0 saturated carbocycles. The monoisotopic (exact) mass is 412 g/mol. The second-order valence-corrected chi connectivity index (χ2v) is 7.89. The van der Waals surface area contributed by atoms with Gasteiger partial charge in [-0.2, -0.15) is 0 Å². The van der Waals surface area contributed by atoms with Crippen LogP contribution < -0.4 is 4.74 Å². The van der Waals surface area contributed by atoms with E-state index >= 15 is 0 Å². The highest BCUT2D eigenvalue weighted by atomic mass is 79.9. The van der Waals surface area contributed by atoms with E-state index in [0.717, 1.165) is 18.8 Å². The Bertz CT molecular complexity index is 639. The maximum absolute atomic E-state index is 5.70. The van der Waals surface area contributed by atoms with Gasteiger partial charge >= 0.3 is 0 Å². The molecular weight excluding hydrogens is 388 g/mol. The molecule has 1 aliphatic carbocycles. The molecule has 1 heterocycles. The van der Waals surface area contributed by atoms with Crippen LogP contribution in [0.25, 0.3) is 0 Å². The summed E-state index contributed by atoms with van der Waals surface area (Å²) in [7, 11) is 0. The fourth-order valence-electron chi connectivity index (χ4n) is 3.06. The molecule has 0 spiro atoms. The summed E-state index contributed by atoms with van der Waals surface area (Å²) in [4.78, 5) is 0.229. The van der Waals surface area contributed by atoms with E-state index in [1.807, 2.05) is 0 Å². The number of rotatable bonds is 3. The zero-order valence-electron chi connectivity index (χ0n) is 14.9. The lowest BCUT2D eigenvalue weighted by Gasteiger charge is -2.32. The van der Waals surface area contributed by atoms with Crippen LogP contribution >= 0.6 is 27.5 Å². The Labute approximate surface area is 159 Å². The van der Waals surface area contributed by atoms with Crippen LogP contribution in [0.1, 0.15) is 30.5 Å². The van der Waals surface area contributed by atoms with Gasteiger partial charge in [0.2, 0.25) is 0 Å². The first kappa shape index (κ1) is 19.6. The first-order valence-corrected chi connectivity index (χ1v) is 9.75. The Hall–Kier alpha value is -0.770. The lowest BCUT2D eigenvalue weighted by atomic mass is 9.94. The van der Waals surface area contributed by atoms with Gasteiger partial charge in [-0.3, -0.25) is 0 Å². The molecule has 2 atom stereocenters. The SMILES string of the molecule is CC1=CC(C)(OCCCl)C(Br)C=C1.Cc1cc(C)c2c(c1)OCC2. The van der Waals surface area contributed by atoms with Crippen molar-refractivity contribution in [2.75, 3.05) is 19.1 Å². The van der Waals surface area contributed by atoms with E-state index in [0.29, 0.717) is 12.5 Å². The van der Waals surface area contributed by atoms with Crippen molar-refractivity contribution in [3.05, 3.63) is 52.6 Å². The minimum absolute atomic E-state index is 0.229. The Kier molecular flexibility index (Phi) is 6.97. The number of ether oxygens (including phenoxy) is 2. The highest BCUT2D eigenvalue weighted by Crippen LogP contribution is 2.30. The van der Waals surface area contributed by atoms with Gasteiger partial charge in [0.05, 0.1) is 23.6 Å². The molecule has 0 saturated heterocycles. The predicted octanol–water partition coefficient (Wildman–Crippen LogP) is 5.52. The van der Waals surface area contributed by atoms with Crippen LogP contribution in [-0.2, 0) is 11.2 Å². The van der Waals surface area contributed by atoms with Gasteiger partial charge in [-0.25, -0.2) is 0 Å². The largest absolute Gasteiger partial charge is 0.493 e. The van der Waals surface area contributed by atoms with Gasteiger partial charge in [-0.05, 0) is 51.0 Å². The van der Waals surface area contributed by atoms with Crippen LogP contribution in [0.4, 0.5) is 0 Å². The fraction of sp³-hybridized carbons (Fsp3) is 0.500. The number of benzene rings is 1. The van der Waals surface area contributed by atoms with Crippen molar-refractivity contribution in [1.29, 1.82) is 0 Å². The van der Waals surface area contributed by atoms with Crippen LogP contribution in [0.5, 0.6) is 5.75 Å². The number of halogens is 2. The predicted molar refractivity (Wildman–Crippen MR) is 106 cm³/mol. The number of alkyl halides is 2. The molecule has 0 aromatic heterocycles. The van der Waals surface area contributed by atoms with E-state index in [9.17, 15) is 0 Å². The van der Waals surface area contributed by atoms with Gasteiger partial charge in [0.25, 0.3) is 0 Å². The molecule has 1 aromatic rings. The molecule has 0 bridgehead atoms. The Morgan fingerprint density at radius 3 is 2.79 bits per heavy atom. The summed E-state index contributed by atoms with van der Waals surface area (Å²) in [5, 5.41) is 0. The molecule has 2 unspecified atom stereocenters. The van der Waals surface area contributed by atoms with Gasteiger partial charge < -0.3 is 9.47 Å². The fourth-order valence-corrected chi connectivity index (χ4v) is 3.55. The van der Waals surface area contributed by atoms with Crippen LogP contribution in [0.3, 0.4) is 0 Å². The summed E-state index contributed by atoms with van der Waals surface area (Å²) in [5.41, 5.74) is 5.04. The average molecular weight is 414 g/mol. The molecule has 24 heavy (non-hydrogen) atoms. The van der Waals surface area contributed by atoms with E-state index in [-0.39, 0.29) is 10.4 Å². The molecule has 0 N–H and O–H groups in total. The Morgan fingerprint density at radius 1 is 1.33 bits per heavy atom. The third-order valence-corrected chi connectivity index (χ3v) is 5.63. The standard InChI is InChI=1S/C10H14BrClO.C10H12O/c1-8-3-4-9(11)10(2,7-8)13-6-5-12;1-7-5-8(2)9-3-4-11-10(9)6-7/h3-4,7,9H,5-6H2,1-2H3;5-6H,3-4H2,1-2H3. The molecule has 0 fully saturated rings. The summed E-state index contributed by atoms with van der Waals surface area (Å²) in [5.74, 6) is 1.63. The van der Waals surface area contributed by atoms with Crippen molar-refractivity contribution in [2.45, 2.75) is 44.5 Å². The lowest BCUT2D eigenvalue weighted by Crippen LogP contribution is -2.37. The van der Waals surface area contributed by atoms with Crippen molar-refractivity contribution in [3.63, 3.8) is 0 Å². The molecule has 2 aliphatic rings. The molecule has 3 rings (SSSR count). The zero-order valence-corrected chi connectivity index (χ0v) is 17.2. The number of hydrogen-bond acceptors (Lipinski definition) is 2. The minimum atomic E-state index is -0.256. The first-order chi connectivity index (χ1) is 11.4. The van der Waals surface area contributed by atoms with E-state index in [1.54, 1.807) is 0 Å². The van der Waals surface area contributed by atoms with Crippen molar-refractivity contribution < 1.29 is 9.47 Å². The Morgan fingerprint density at radius 2 is 2.08 bits per heavy atom. The van der Waals surface area contributed by atoms with Gasteiger partial charge in [0.15, 0.2) is 0 Å². The summed E-state index contributed by atoms with van der Waals surface area (Å²) >= 11 is 9.16. The molecule has 2 nitrogen and oxygen atoms in total. The van der Waals surface area contributed by atoms with Crippen molar-refractivity contribution in [2.24, 2.45) is 0 Å². The number of allylic oxidation sites excluding steroid dienone is 2. The van der Waals surface area contributed by atoms with Crippen LogP contribution in [0.2, 0.25) is 0 Å². The molecule has 4 heteroatoms. The van der Waals surface area contributed by atoms with Crippen molar-refractivity contribution >= 4 is 27.5 Å². The van der Waals surface area contributed by atoms with Gasteiger partial charge in [0.1, 0.15) is 5.75 Å². The molecule has 0 radical (unpaired) electrons. The topological polar surface area (TPSA) is 18.5 Å². The van der Waals surface area contributed by atoms with E-state index < -0.39 is 0 Å². The third kappa shape index (κ3) is 4.87. The average Bonchev–Trinajstić information content (AvgIpc) is 2.99. The second-order valence-electron chi connectivity index (χ2n) is 6.53. The van der Waals surface area contributed by atoms with Crippen LogP contribution in [0.15, 0.2) is 35.9 Å². The van der Waals surface area contributed by atoms with E-state index in [1.165, 1.54) is 22.3 Å². The maximum atomic E-state index is 5.70. The normalized spacial score (nSPS) is 24.6. The summed E-state index contributed by atoms with van der Waals surface area (Å²) in [6, 6.07) is 4.34. The quantitative estimate of drug-likeness (QED) is 0.608. The summed E-state index contributed by atoms with van der Waals surface area (Å²) in [6.45, 7) is 9.83. The van der Waals surface area contributed by atoms with Crippen molar-refractivity contribution in [1.82, 2.24) is 0 Å². The van der Waals surface area contributed by atoms with Crippen LogP contribution in [0, 0.1) is 13.8 Å². The van der Waals surface area contributed by atoms with Gasteiger partial charge in [0, 0.05) is 17.9 Å². The lowest BCUT2D eigenvalue weighted by molar-refractivity contribution is 0.0212. The maximum Gasteiger partial charge on any atom is 0.123 e. The number of hydrogen-bond donors (Lipinski definition) is 0. The van der Waals surface area contributed by atoms with E-state index in [2.05, 4.69) is 74.0 Å². The summed E-state index contributed by atoms with van der Waals surface area (Å²) < 4.78 is 11.2. The number of aryl methyl sites for hydroxylation is 2. The summed E-state index contributed by atoms with van der Waals surface area (Å²) in [6.07, 6.45) is 7.40. The third-order valence-electron chi connectivity index (χ3n) is 4.27. The molecule has 132 valence electrons.